The van der Waals surface area contributed by atoms with Crippen LogP contribution in [-0.2, 0) is 19.1 Å². The molecule has 0 aromatic rings. The minimum atomic E-state index is -6.46. The third-order valence-electron chi connectivity index (χ3n) is 3.17. The number of carbonyl (C=O) groups excluding carboxylic acids is 2. The number of hydrogen-bond acceptors (Lipinski definition) is 4. The van der Waals surface area contributed by atoms with E-state index in [1.54, 1.807) is 6.08 Å². The average molecular weight is 414 g/mol. The van der Waals surface area contributed by atoms with E-state index in [1.807, 2.05) is 0 Å². The van der Waals surface area contributed by atoms with Crippen LogP contribution in [0.15, 0.2) is 12.7 Å². The highest BCUT2D eigenvalue weighted by atomic mass is 19.4. The molecular formula is C15H18F8O4. The van der Waals surface area contributed by atoms with Gasteiger partial charge in [-0.3, -0.25) is 9.59 Å². The van der Waals surface area contributed by atoms with Crippen molar-refractivity contribution in [1.29, 1.82) is 0 Å². The number of hydrogen-bond donors (Lipinski definition) is 0. The first-order valence-corrected chi connectivity index (χ1v) is 7.63. The summed E-state index contributed by atoms with van der Waals surface area (Å²) >= 11 is 0. The molecule has 0 aliphatic carbocycles. The zero-order chi connectivity index (χ0) is 21.3. The Morgan fingerprint density at radius 3 is 1.93 bits per heavy atom. The summed E-state index contributed by atoms with van der Waals surface area (Å²) in [5.41, 5.74) is 0. The fourth-order valence-corrected chi connectivity index (χ4v) is 1.57. The largest absolute Gasteiger partial charge is 0.466 e. The maximum atomic E-state index is 13.1. The first kappa shape index (κ1) is 25.1. The second-order valence-electron chi connectivity index (χ2n) is 5.37. The molecule has 0 aromatic carbocycles. The van der Waals surface area contributed by atoms with Gasteiger partial charge in [-0.1, -0.05) is 6.08 Å². The highest BCUT2D eigenvalue weighted by molar-refractivity contribution is 5.77. The second kappa shape index (κ2) is 10.5. The molecule has 0 bridgehead atoms. The predicted octanol–water partition coefficient (Wildman–Crippen LogP) is 4.38. The van der Waals surface area contributed by atoms with Gasteiger partial charge in [-0.2, -0.15) is 26.3 Å². The van der Waals surface area contributed by atoms with Crippen molar-refractivity contribution < 1.29 is 54.2 Å². The van der Waals surface area contributed by atoms with E-state index < -0.39 is 55.6 Å². The number of allylic oxidation sites excluding steroid dienone is 1. The first-order chi connectivity index (χ1) is 12.3. The van der Waals surface area contributed by atoms with Crippen molar-refractivity contribution in [3.8, 4) is 0 Å². The molecule has 0 heterocycles. The number of esters is 2. The van der Waals surface area contributed by atoms with Crippen molar-refractivity contribution >= 4 is 11.9 Å². The molecule has 0 spiro atoms. The lowest BCUT2D eigenvalue weighted by Crippen LogP contribution is -2.59. The summed E-state index contributed by atoms with van der Waals surface area (Å²) < 4.78 is 110. The predicted molar refractivity (Wildman–Crippen MR) is 76.0 cm³/mol. The smallest absolute Gasteiger partial charge is 0.381 e. The van der Waals surface area contributed by atoms with Gasteiger partial charge in [0.25, 0.3) is 0 Å². The maximum Gasteiger partial charge on any atom is 0.381 e. The summed E-state index contributed by atoms with van der Waals surface area (Å²) in [7, 11) is 0. The summed E-state index contributed by atoms with van der Waals surface area (Å²) in [6.45, 7) is 0.941. The van der Waals surface area contributed by atoms with Gasteiger partial charge in [0.2, 0.25) is 0 Å². The monoisotopic (exact) mass is 414 g/mol. The van der Waals surface area contributed by atoms with Crippen LogP contribution in [0.4, 0.5) is 35.1 Å². The minimum Gasteiger partial charge on any atom is -0.466 e. The number of unbranched alkanes of at least 4 members (excludes halogenated alkanes) is 2. The van der Waals surface area contributed by atoms with Crippen LogP contribution in [0.1, 0.15) is 32.1 Å². The Labute approximate surface area is 149 Å². The number of ether oxygens (including phenoxy) is 2. The van der Waals surface area contributed by atoms with Crippen molar-refractivity contribution in [2.45, 2.75) is 56.3 Å². The Morgan fingerprint density at radius 1 is 0.926 bits per heavy atom. The Balaban J connectivity index is 4.40. The van der Waals surface area contributed by atoms with Crippen LogP contribution in [0.2, 0.25) is 0 Å². The Hall–Kier alpha value is -1.88. The normalized spacial score (nSPS) is 12.8. The van der Waals surface area contributed by atoms with Gasteiger partial charge in [-0.05, 0) is 19.3 Å². The molecule has 0 fully saturated rings. The fourth-order valence-electron chi connectivity index (χ4n) is 1.57. The van der Waals surface area contributed by atoms with Crippen LogP contribution < -0.4 is 0 Å². The van der Waals surface area contributed by atoms with Gasteiger partial charge < -0.3 is 9.47 Å². The highest BCUT2D eigenvalue weighted by Gasteiger charge is 2.75. The number of rotatable bonds is 13. The van der Waals surface area contributed by atoms with Crippen molar-refractivity contribution in [2.24, 2.45) is 0 Å². The molecule has 0 unspecified atom stereocenters. The van der Waals surface area contributed by atoms with Crippen molar-refractivity contribution in [3.63, 3.8) is 0 Å². The van der Waals surface area contributed by atoms with E-state index in [9.17, 15) is 44.7 Å². The maximum absolute atomic E-state index is 13.1. The van der Waals surface area contributed by atoms with Crippen LogP contribution in [0, 0.1) is 0 Å². The zero-order valence-corrected chi connectivity index (χ0v) is 14.0. The standard InChI is InChI=1S/C15H18F8O4/c1-2-3-4-5-8-26-10(24)6-7-11(25)27-9-13(18,19)15(22,23)14(20,21)12(16)17/h2,12H,1,3-9H2. The summed E-state index contributed by atoms with van der Waals surface area (Å²) in [4.78, 5) is 22.4. The van der Waals surface area contributed by atoms with E-state index in [0.29, 0.717) is 19.3 Å². The average Bonchev–Trinajstić information content (AvgIpc) is 2.57. The molecule has 0 saturated carbocycles. The summed E-state index contributed by atoms with van der Waals surface area (Å²) in [6.07, 6.45) is -3.02. The van der Waals surface area contributed by atoms with E-state index in [0.717, 1.165) is 0 Å². The third kappa shape index (κ3) is 7.33. The van der Waals surface area contributed by atoms with Crippen molar-refractivity contribution in [1.82, 2.24) is 0 Å². The summed E-state index contributed by atoms with van der Waals surface area (Å²) in [6, 6.07) is 0. The van der Waals surface area contributed by atoms with Gasteiger partial charge in [-0.25, -0.2) is 8.78 Å². The Morgan fingerprint density at radius 2 is 1.44 bits per heavy atom. The highest BCUT2D eigenvalue weighted by Crippen LogP contribution is 2.48. The first-order valence-electron chi connectivity index (χ1n) is 7.63. The zero-order valence-electron chi connectivity index (χ0n) is 14.0. The molecule has 0 aliphatic heterocycles. The molecule has 0 radical (unpaired) electrons. The lowest BCUT2D eigenvalue weighted by molar-refractivity contribution is -0.344. The fraction of sp³-hybridized carbons (Fsp3) is 0.733. The summed E-state index contributed by atoms with van der Waals surface area (Å²) in [5.74, 6) is -21.0. The Kier molecular flexibility index (Phi) is 9.73. The number of alkyl halides is 8. The molecule has 12 heteroatoms. The lowest BCUT2D eigenvalue weighted by atomic mass is 10.1. The van der Waals surface area contributed by atoms with Crippen LogP contribution in [0.25, 0.3) is 0 Å². The van der Waals surface area contributed by atoms with Gasteiger partial charge in [0, 0.05) is 0 Å². The van der Waals surface area contributed by atoms with E-state index in [2.05, 4.69) is 16.1 Å². The number of halogens is 8. The second-order valence-corrected chi connectivity index (χ2v) is 5.37. The topological polar surface area (TPSA) is 52.6 Å². The van der Waals surface area contributed by atoms with E-state index >= 15 is 0 Å². The molecule has 4 nitrogen and oxygen atoms in total. The van der Waals surface area contributed by atoms with E-state index in [4.69, 9.17) is 0 Å². The van der Waals surface area contributed by atoms with Gasteiger partial charge >= 0.3 is 36.1 Å². The summed E-state index contributed by atoms with van der Waals surface area (Å²) in [5, 5.41) is 0. The van der Waals surface area contributed by atoms with Crippen molar-refractivity contribution in [2.75, 3.05) is 13.2 Å². The van der Waals surface area contributed by atoms with Gasteiger partial charge in [0.1, 0.15) is 0 Å². The lowest BCUT2D eigenvalue weighted by Gasteiger charge is -2.31. The molecular weight excluding hydrogens is 396 g/mol. The molecule has 0 atom stereocenters. The molecule has 27 heavy (non-hydrogen) atoms. The van der Waals surface area contributed by atoms with Gasteiger partial charge in [-0.15, -0.1) is 6.58 Å². The molecule has 0 N–H and O–H groups in total. The third-order valence-corrected chi connectivity index (χ3v) is 3.17. The molecule has 158 valence electrons. The van der Waals surface area contributed by atoms with Crippen molar-refractivity contribution in [3.05, 3.63) is 12.7 Å². The van der Waals surface area contributed by atoms with Crippen LogP contribution >= 0.6 is 0 Å². The van der Waals surface area contributed by atoms with E-state index in [-0.39, 0.29) is 6.61 Å². The molecule has 0 saturated heterocycles. The van der Waals surface area contributed by atoms with Crippen LogP contribution in [-0.4, -0.2) is 49.3 Å². The molecule has 0 aromatic heterocycles. The number of carbonyl (C=O) groups is 2. The van der Waals surface area contributed by atoms with Gasteiger partial charge in [0.15, 0.2) is 6.61 Å². The molecule has 0 aliphatic rings. The quantitative estimate of drug-likeness (QED) is 0.194. The minimum absolute atomic E-state index is 0.0225. The molecule has 0 amide bonds. The van der Waals surface area contributed by atoms with E-state index in [1.165, 1.54) is 0 Å². The van der Waals surface area contributed by atoms with Crippen LogP contribution in [0.3, 0.4) is 0 Å². The van der Waals surface area contributed by atoms with Gasteiger partial charge in [0.05, 0.1) is 19.4 Å². The van der Waals surface area contributed by atoms with Crippen LogP contribution in [0.5, 0.6) is 0 Å². The SMILES string of the molecule is C=CCCCCOC(=O)CCC(=O)OCC(F)(F)C(F)(F)C(F)(F)C(F)F. The Bertz CT molecular complexity index is 508. The molecule has 0 rings (SSSR count).